The van der Waals surface area contributed by atoms with Gasteiger partial charge >= 0.3 is 5.63 Å². The summed E-state index contributed by atoms with van der Waals surface area (Å²) in [6.07, 6.45) is 0.520. The standard InChI is InChI=1S/C19H18O3/c1-11-12(2)18-16(13(3)17(11)20)10-15(19(21)22-18)9-14-7-5-4-6-8-14/h4-8,10,20H,9H2,1-3H3. The van der Waals surface area contributed by atoms with E-state index in [1.165, 1.54) is 0 Å². The summed E-state index contributed by atoms with van der Waals surface area (Å²) in [5.41, 5.74) is 4.21. The highest BCUT2D eigenvalue weighted by atomic mass is 16.4. The van der Waals surface area contributed by atoms with Crippen LogP contribution in [0.25, 0.3) is 11.0 Å². The van der Waals surface area contributed by atoms with Crippen molar-refractivity contribution in [2.75, 3.05) is 0 Å². The molecule has 0 radical (unpaired) electrons. The molecule has 0 amide bonds. The van der Waals surface area contributed by atoms with Crippen molar-refractivity contribution in [2.45, 2.75) is 27.2 Å². The highest BCUT2D eigenvalue weighted by Gasteiger charge is 2.15. The number of rotatable bonds is 2. The van der Waals surface area contributed by atoms with Crippen LogP contribution in [0.2, 0.25) is 0 Å². The number of aromatic hydroxyl groups is 1. The molecule has 1 N–H and O–H groups in total. The number of benzene rings is 2. The van der Waals surface area contributed by atoms with Crippen LogP contribution in [0.5, 0.6) is 5.75 Å². The normalized spacial score (nSPS) is 11.0. The molecule has 0 bridgehead atoms. The molecule has 1 aromatic heterocycles. The van der Waals surface area contributed by atoms with Crippen molar-refractivity contribution in [1.82, 2.24) is 0 Å². The molecule has 0 saturated carbocycles. The van der Waals surface area contributed by atoms with Crippen LogP contribution in [0.4, 0.5) is 0 Å². The van der Waals surface area contributed by atoms with Crippen molar-refractivity contribution in [2.24, 2.45) is 0 Å². The number of aryl methyl sites for hydroxylation is 2. The van der Waals surface area contributed by atoms with Gasteiger partial charge in [0.25, 0.3) is 0 Å². The van der Waals surface area contributed by atoms with Gasteiger partial charge in [-0.3, -0.25) is 0 Å². The van der Waals surface area contributed by atoms with Crippen molar-refractivity contribution in [3.05, 3.63) is 74.6 Å². The van der Waals surface area contributed by atoms with E-state index in [0.29, 0.717) is 17.6 Å². The number of hydrogen-bond donors (Lipinski definition) is 1. The molecule has 0 aliphatic rings. The Labute approximate surface area is 128 Å². The monoisotopic (exact) mass is 294 g/mol. The molecule has 3 rings (SSSR count). The number of hydrogen-bond acceptors (Lipinski definition) is 3. The molecule has 3 heteroatoms. The molecule has 0 aliphatic carbocycles. The summed E-state index contributed by atoms with van der Waals surface area (Å²) < 4.78 is 5.55. The average molecular weight is 294 g/mol. The summed E-state index contributed by atoms with van der Waals surface area (Å²) in [6.45, 7) is 5.53. The topological polar surface area (TPSA) is 50.4 Å². The Morgan fingerprint density at radius 2 is 1.68 bits per heavy atom. The zero-order valence-electron chi connectivity index (χ0n) is 12.9. The predicted molar refractivity (Wildman–Crippen MR) is 87.6 cm³/mol. The summed E-state index contributed by atoms with van der Waals surface area (Å²) in [4.78, 5) is 12.3. The second kappa shape index (κ2) is 5.34. The Balaban J connectivity index is 2.22. The SMILES string of the molecule is Cc1c(O)c(C)c2cc(Cc3ccccc3)c(=O)oc2c1C. The van der Waals surface area contributed by atoms with Crippen molar-refractivity contribution in [3.63, 3.8) is 0 Å². The van der Waals surface area contributed by atoms with Crippen LogP contribution >= 0.6 is 0 Å². The second-order valence-corrected chi connectivity index (χ2v) is 5.69. The van der Waals surface area contributed by atoms with Crippen LogP contribution in [0.15, 0.2) is 45.6 Å². The van der Waals surface area contributed by atoms with Crippen LogP contribution < -0.4 is 5.63 Å². The van der Waals surface area contributed by atoms with E-state index in [2.05, 4.69) is 0 Å². The van der Waals surface area contributed by atoms with Crippen molar-refractivity contribution >= 4 is 11.0 Å². The van der Waals surface area contributed by atoms with Crippen LogP contribution in [0.3, 0.4) is 0 Å². The van der Waals surface area contributed by atoms with Crippen LogP contribution in [0.1, 0.15) is 27.8 Å². The van der Waals surface area contributed by atoms with Gasteiger partial charge in [0, 0.05) is 22.9 Å². The summed E-state index contributed by atoms with van der Waals surface area (Å²) >= 11 is 0. The van der Waals surface area contributed by atoms with Gasteiger partial charge in [-0.25, -0.2) is 4.79 Å². The second-order valence-electron chi connectivity index (χ2n) is 5.69. The van der Waals surface area contributed by atoms with Crippen molar-refractivity contribution in [1.29, 1.82) is 0 Å². The molecule has 0 aliphatic heterocycles. The smallest absolute Gasteiger partial charge is 0.339 e. The van der Waals surface area contributed by atoms with Crippen molar-refractivity contribution < 1.29 is 9.52 Å². The van der Waals surface area contributed by atoms with Gasteiger partial charge in [0.05, 0.1) is 0 Å². The van der Waals surface area contributed by atoms with Gasteiger partial charge in [-0.15, -0.1) is 0 Å². The highest BCUT2D eigenvalue weighted by molar-refractivity contribution is 5.87. The molecule has 22 heavy (non-hydrogen) atoms. The fraction of sp³-hybridized carbons (Fsp3) is 0.211. The lowest BCUT2D eigenvalue weighted by molar-refractivity contribution is 0.466. The summed E-state index contributed by atoms with van der Waals surface area (Å²) in [5, 5.41) is 11.0. The molecular weight excluding hydrogens is 276 g/mol. The first-order chi connectivity index (χ1) is 10.5. The summed E-state index contributed by atoms with van der Waals surface area (Å²) in [7, 11) is 0. The summed E-state index contributed by atoms with van der Waals surface area (Å²) in [5.74, 6) is 0.268. The van der Waals surface area contributed by atoms with E-state index in [4.69, 9.17) is 4.42 Å². The molecule has 0 spiro atoms. The van der Waals surface area contributed by atoms with Gasteiger partial charge in [0.2, 0.25) is 0 Å². The highest BCUT2D eigenvalue weighted by Crippen LogP contribution is 2.33. The molecule has 0 unspecified atom stereocenters. The third-order valence-electron chi connectivity index (χ3n) is 4.28. The van der Waals surface area contributed by atoms with Gasteiger partial charge in [-0.05, 0) is 43.5 Å². The van der Waals surface area contributed by atoms with Crippen molar-refractivity contribution in [3.8, 4) is 5.75 Å². The van der Waals surface area contributed by atoms with E-state index in [9.17, 15) is 9.90 Å². The van der Waals surface area contributed by atoms with Crippen LogP contribution in [-0.2, 0) is 6.42 Å². The maximum absolute atomic E-state index is 12.3. The minimum Gasteiger partial charge on any atom is -0.507 e. The molecule has 1 heterocycles. The molecule has 0 atom stereocenters. The molecule has 112 valence electrons. The molecule has 3 nitrogen and oxygen atoms in total. The molecular formula is C19H18O3. The van der Waals surface area contributed by atoms with E-state index in [1.54, 1.807) is 0 Å². The summed E-state index contributed by atoms with van der Waals surface area (Å²) in [6, 6.07) is 11.6. The Bertz CT molecular complexity index is 906. The number of phenolic OH excluding ortho intramolecular Hbond substituents is 1. The minimum atomic E-state index is -0.316. The Hall–Kier alpha value is -2.55. The quantitative estimate of drug-likeness (QED) is 0.726. The first kappa shape index (κ1) is 14.4. The van der Waals surface area contributed by atoms with Gasteiger partial charge in [-0.1, -0.05) is 30.3 Å². The van der Waals surface area contributed by atoms with E-state index in [1.807, 2.05) is 57.2 Å². The number of phenols is 1. The Morgan fingerprint density at radius 1 is 1.00 bits per heavy atom. The van der Waals surface area contributed by atoms with E-state index < -0.39 is 0 Å². The van der Waals surface area contributed by atoms with Crippen LogP contribution in [0, 0.1) is 20.8 Å². The van der Waals surface area contributed by atoms with Gasteiger partial charge in [0.15, 0.2) is 0 Å². The molecule has 0 fully saturated rings. The lowest BCUT2D eigenvalue weighted by Gasteiger charge is -2.12. The lowest BCUT2D eigenvalue weighted by atomic mass is 9.97. The molecule has 0 saturated heterocycles. The first-order valence-electron chi connectivity index (χ1n) is 7.28. The fourth-order valence-corrected chi connectivity index (χ4v) is 2.76. The van der Waals surface area contributed by atoms with Gasteiger partial charge in [0.1, 0.15) is 11.3 Å². The van der Waals surface area contributed by atoms with E-state index in [0.717, 1.165) is 27.6 Å². The van der Waals surface area contributed by atoms with Crippen LogP contribution in [-0.4, -0.2) is 5.11 Å². The zero-order chi connectivity index (χ0) is 15.9. The molecule has 2 aromatic carbocycles. The zero-order valence-corrected chi connectivity index (χ0v) is 12.9. The predicted octanol–water partition coefficient (Wildman–Crippen LogP) is 4.01. The van der Waals surface area contributed by atoms with Gasteiger partial charge < -0.3 is 9.52 Å². The Kier molecular flexibility index (Phi) is 3.49. The Morgan fingerprint density at radius 3 is 2.36 bits per heavy atom. The fourth-order valence-electron chi connectivity index (χ4n) is 2.76. The van der Waals surface area contributed by atoms with E-state index in [-0.39, 0.29) is 11.4 Å². The first-order valence-corrected chi connectivity index (χ1v) is 7.28. The number of fused-ring (bicyclic) bond motifs is 1. The third-order valence-corrected chi connectivity index (χ3v) is 4.28. The average Bonchev–Trinajstić information content (AvgIpc) is 2.53. The third kappa shape index (κ3) is 2.29. The largest absolute Gasteiger partial charge is 0.507 e. The lowest BCUT2D eigenvalue weighted by Crippen LogP contribution is -2.09. The van der Waals surface area contributed by atoms with Gasteiger partial charge in [-0.2, -0.15) is 0 Å². The maximum atomic E-state index is 12.3. The minimum absolute atomic E-state index is 0.268. The molecule has 3 aromatic rings. The maximum Gasteiger partial charge on any atom is 0.339 e. The van der Waals surface area contributed by atoms with E-state index >= 15 is 0 Å².